The summed E-state index contributed by atoms with van der Waals surface area (Å²) in [7, 11) is 1.92. The number of rotatable bonds is 6. The Morgan fingerprint density at radius 2 is 2.33 bits per heavy atom. The number of nitrogens with zero attached hydrogens (tertiary/aromatic N) is 2. The van der Waals surface area contributed by atoms with Gasteiger partial charge in [-0.05, 0) is 26.2 Å². The van der Waals surface area contributed by atoms with Crippen LogP contribution in [-0.2, 0) is 24.8 Å². The Labute approximate surface area is 108 Å². The summed E-state index contributed by atoms with van der Waals surface area (Å²) in [6.07, 6.45) is 5.18. The number of hydrogen-bond donors (Lipinski definition) is 2. The average Bonchev–Trinajstić information content (AvgIpc) is 3.07. The molecule has 5 nitrogen and oxygen atoms in total. The molecule has 1 fully saturated rings. The first-order valence-corrected chi connectivity index (χ1v) is 6.65. The summed E-state index contributed by atoms with van der Waals surface area (Å²) in [5.74, 6) is 0.0967. The molecule has 18 heavy (non-hydrogen) atoms. The Morgan fingerprint density at radius 3 is 2.94 bits per heavy atom. The van der Waals surface area contributed by atoms with E-state index in [-0.39, 0.29) is 11.9 Å². The maximum Gasteiger partial charge on any atom is 0.237 e. The topological polar surface area (TPSA) is 59.0 Å². The Hall–Kier alpha value is -1.36. The molecule has 0 bridgehead atoms. The predicted octanol–water partition coefficient (Wildman–Crippen LogP) is 0.739. The molecule has 1 unspecified atom stereocenters. The summed E-state index contributed by atoms with van der Waals surface area (Å²) in [5, 5.41) is 10.6. The zero-order chi connectivity index (χ0) is 13.1. The highest BCUT2D eigenvalue weighted by molar-refractivity contribution is 5.81. The van der Waals surface area contributed by atoms with Crippen molar-refractivity contribution in [2.75, 3.05) is 0 Å². The van der Waals surface area contributed by atoms with E-state index in [0.717, 1.165) is 25.0 Å². The van der Waals surface area contributed by atoms with Gasteiger partial charge >= 0.3 is 0 Å². The molecule has 0 saturated heterocycles. The molecule has 100 valence electrons. The minimum Gasteiger partial charge on any atom is -0.352 e. The maximum absolute atomic E-state index is 11.8. The van der Waals surface area contributed by atoms with Gasteiger partial charge < -0.3 is 10.6 Å². The fourth-order valence-corrected chi connectivity index (χ4v) is 1.94. The van der Waals surface area contributed by atoms with Crippen molar-refractivity contribution >= 4 is 5.91 Å². The summed E-state index contributed by atoms with van der Waals surface area (Å²) in [6.45, 7) is 4.69. The molecule has 1 aliphatic carbocycles. The summed E-state index contributed by atoms with van der Waals surface area (Å²) < 4.78 is 1.82. The van der Waals surface area contributed by atoms with Crippen LogP contribution in [0.2, 0.25) is 0 Å². The van der Waals surface area contributed by atoms with Crippen molar-refractivity contribution < 1.29 is 4.79 Å². The van der Waals surface area contributed by atoms with E-state index < -0.39 is 0 Å². The van der Waals surface area contributed by atoms with Crippen LogP contribution in [0.4, 0.5) is 0 Å². The quantitative estimate of drug-likeness (QED) is 0.783. The lowest BCUT2D eigenvalue weighted by atomic mass is 10.2. The molecule has 1 saturated carbocycles. The lowest BCUT2D eigenvalue weighted by Gasteiger charge is -2.13. The molecule has 2 rings (SSSR count). The monoisotopic (exact) mass is 250 g/mol. The van der Waals surface area contributed by atoms with Crippen molar-refractivity contribution in [2.24, 2.45) is 7.05 Å². The third-order valence-corrected chi connectivity index (χ3v) is 3.24. The Bertz CT molecular complexity index is 423. The third-order valence-electron chi connectivity index (χ3n) is 3.24. The van der Waals surface area contributed by atoms with Gasteiger partial charge in [0.05, 0.1) is 11.7 Å². The van der Waals surface area contributed by atoms with Gasteiger partial charge in [0.25, 0.3) is 0 Å². The zero-order valence-corrected chi connectivity index (χ0v) is 11.4. The molecule has 1 atom stereocenters. The van der Waals surface area contributed by atoms with Crippen LogP contribution < -0.4 is 10.6 Å². The fraction of sp³-hybridized carbons (Fsp3) is 0.692. The number of amides is 1. The molecule has 1 aromatic rings. The van der Waals surface area contributed by atoms with Gasteiger partial charge in [-0.3, -0.25) is 9.48 Å². The molecule has 1 amide bonds. The van der Waals surface area contributed by atoms with Crippen LogP contribution in [0.15, 0.2) is 6.20 Å². The van der Waals surface area contributed by atoms with Crippen LogP contribution >= 0.6 is 0 Å². The molecule has 0 spiro atoms. The molecule has 1 heterocycles. The number of aryl methyl sites for hydroxylation is 2. The van der Waals surface area contributed by atoms with E-state index >= 15 is 0 Å². The number of aromatic nitrogens is 2. The molecular weight excluding hydrogens is 228 g/mol. The largest absolute Gasteiger partial charge is 0.352 e. The van der Waals surface area contributed by atoms with Crippen LogP contribution in [0.5, 0.6) is 0 Å². The predicted molar refractivity (Wildman–Crippen MR) is 70.1 cm³/mol. The van der Waals surface area contributed by atoms with Gasteiger partial charge in [-0.2, -0.15) is 5.10 Å². The van der Waals surface area contributed by atoms with Crippen molar-refractivity contribution in [3.05, 3.63) is 17.5 Å². The summed E-state index contributed by atoms with van der Waals surface area (Å²) in [5.41, 5.74) is 2.27. The van der Waals surface area contributed by atoms with Crippen LogP contribution in [0.25, 0.3) is 0 Å². The Kier molecular flexibility index (Phi) is 4.01. The van der Waals surface area contributed by atoms with Crippen molar-refractivity contribution in [2.45, 2.75) is 51.7 Å². The first-order valence-electron chi connectivity index (χ1n) is 6.65. The van der Waals surface area contributed by atoms with E-state index in [0.29, 0.717) is 12.6 Å². The minimum atomic E-state index is -0.157. The van der Waals surface area contributed by atoms with E-state index in [1.54, 1.807) is 0 Å². The highest BCUT2D eigenvalue weighted by atomic mass is 16.2. The number of carbonyl (C=O) groups excluding carboxylic acids is 1. The van der Waals surface area contributed by atoms with Crippen LogP contribution in [0, 0.1) is 0 Å². The van der Waals surface area contributed by atoms with E-state index in [9.17, 15) is 4.79 Å². The first-order chi connectivity index (χ1) is 8.60. The number of hydrogen-bond acceptors (Lipinski definition) is 3. The molecular formula is C13H22N4O. The van der Waals surface area contributed by atoms with Gasteiger partial charge in [0.1, 0.15) is 0 Å². The summed E-state index contributed by atoms with van der Waals surface area (Å²) >= 11 is 0. The highest BCUT2D eigenvalue weighted by Crippen LogP contribution is 2.18. The van der Waals surface area contributed by atoms with E-state index in [1.165, 1.54) is 5.56 Å². The first kappa shape index (κ1) is 13.1. The zero-order valence-electron chi connectivity index (χ0n) is 11.4. The molecule has 5 heteroatoms. The SMILES string of the molecule is CCc1nn(C)cc1CNC(C)C(=O)NC1CC1. The average molecular weight is 250 g/mol. The fourth-order valence-electron chi connectivity index (χ4n) is 1.94. The van der Waals surface area contributed by atoms with Gasteiger partial charge in [-0.1, -0.05) is 6.92 Å². The smallest absolute Gasteiger partial charge is 0.237 e. The molecule has 1 aromatic heterocycles. The van der Waals surface area contributed by atoms with Crippen LogP contribution in [0.1, 0.15) is 37.9 Å². The summed E-state index contributed by atoms with van der Waals surface area (Å²) in [4.78, 5) is 11.8. The highest BCUT2D eigenvalue weighted by Gasteiger charge is 2.25. The van der Waals surface area contributed by atoms with Crippen molar-refractivity contribution in [3.8, 4) is 0 Å². The number of nitrogens with one attached hydrogen (secondary N) is 2. The molecule has 0 aliphatic heterocycles. The lowest BCUT2D eigenvalue weighted by Crippen LogP contribution is -2.42. The van der Waals surface area contributed by atoms with Crippen molar-refractivity contribution in [1.82, 2.24) is 20.4 Å². The van der Waals surface area contributed by atoms with Gasteiger partial charge in [0.15, 0.2) is 0 Å². The molecule has 0 radical (unpaired) electrons. The van der Waals surface area contributed by atoms with E-state index in [2.05, 4.69) is 22.7 Å². The standard InChI is InChI=1S/C13H22N4O/c1-4-12-10(8-17(3)16-12)7-14-9(2)13(18)15-11-5-6-11/h8-9,11,14H,4-7H2,1-3H3,(H,15,18). The van der Waals surface area contributed by atoms with Gasteiger partial charge in [0, 0.05) is 31.4 Å². The van der Waals surface area contributed by atoms with Gasteiger partial charge in [0.2, 0.25) is 5.91 Å². The third kappa shape index (κ3) is 3.32. The lowest BCUT2D eigenvalue weighted by molar-refractivity contribution is -0.122. The second-order valence-electron chi connectivity index (χ2n) is 5.01. The summed E-state index contributed by atoms with van der Waals surface area (Å²) in [6, 6.07) is 0.266. The molecule has 0 aromatic carbocycles. The van der Waals surface area contributed by atoms with E-state index in [1.807, 2.05) is 24.9 Å². The van der Waals surface area contributed by atoms with Crippen molar-refractivity contribution in [1.29, 1.82) is 0 Å². The maximum atomic E-state index is 11.8. The minimum absolute atomic E-state index is 0.0967. The van der Waals surface area contributed by atoms with Crippen molar-refractivity contribution in [3.63, 3.8) is 0 Å². The van der Waals surface area contributed by atoms with E-state index in [4.69, 9.17) is 0 Å². The molecule has 1 aliphatic rings. The van der Waals surface area contributed by atoms with Crippen LogP contribution in [-0.4, -0.2) is 27.8 Å². The molecule has 2 N–H and O–H groups in total. The number of carbonyl (C=O) groups is 1. The normalized spacial score (nSPS) is 16.6. The van der Waals surface area contributed by atoms with Gasteiger partial charge in [-0.15, -0.1) is 0 Å². The van der Waals surface area contributed by atoms with Crippen LogP contribution in [0.3, 0.4) is 0 Å². The second kappa shape index (κ2) is 5.52. The Balaban J connectivity index is 1.83. The Morgan fingerprint density at radius 1 is 1.61 bits per heavy atom. The second-order valence-corrected chi connectivity index (χ2v) is 5.01. The van der Waals surface area contributed by atoms with Gasteiger partial charge in [-0.25, -0.2) is 0 Å².